The third kappa shape index (κ3) is 5.71. The topological polar surface area (TPSA) is 90.1 Å². The van der Waals surface area contributed by atoms with Gasteiger partial charge in [0.25, 0.3) is 0 Å². The molecule has 2 aromatic heterocycles. The van der Waals surface area contributed by atoms with Gasteiger partial charge in [0.15, 0.2) is 5.13 Å². The number of para-hydroxylation sites is 1. The molecular formula is C23H29N5O2S. The van der Waals surface area contributed by atoms with Crippen LogP contribution in [0.25, 0.3) is 10.9 Å². The van der Waals surface area contributed by atoms with Gasteiger partial charge in [-0.05, 0) is 37.6 Å². The van der Waals surface area contributed by atoms with Crippen LogP contribution in [0.5, 0.6) is 0 Å². The van der Waals surface area contributed by atoms with E-state index in [0.29, 0.717) is 11.6 Å². The monoisotopic (exact) mass is 439 g/mol. The minimum absolute atomic E-state index is 0.235. The van der Waals surface area contributed by atoms with Gasteiger partial charge in [0, 0.05) is 42.4 Å². The number of H-pyrrole nitrogens is 1. The second kappa shape index (κ2) is 10.1. The van der Waals surface area contributed by atoms with Gasteiger partial charge in [0.2, 0.25) is 11.8 Å². The van der Waals surface area contributed by atoms with E-state index in [2.05, 4.69) is 25.5 Å². The minimum Gasteiger partial charge on any atom is -0.361 e. The van der Waals surface area contributed by atoms with Gasteiger partial charge in [-0.25, -0.2) is 4.98 Å². The summed E-state index contributed by atoms with van der Waals surface area (Å²) in [4.78, 5) is 35.0. The van der Waals surface area contributed by atoms with Crippen LogP contribution in [0.1, 0.15) is 43.9 Å². The van der Waals surface area contributed by atoms with E-state index in [4.69, 9.17) is 0 Å². The fraction of sp³-hybridized carbons (Fsp3) is 0.435. The molecule has 164 valence electrons. The molecule has 1 aliphatic rings. The number of carbonyl (C=O) groups excluding carboxylic acids is 2. The molecule has 1 unspecified atom stereocenters. The SMILES string of the molecule is CC(=O)NC(Cc1c[nH]c2ccccc12)C(=O)Nc1nc(CN2CCCCCC2)cs1. The summed E-state index contributed by atoms with van der Waals surface area (Å²) in [5, 5.41) is 9.32. The summed E-state index contributed by atoms with van der Waals surface area (Å²) in [5.74, 6) is -0.489. The highest BCUT2D eigenvalue weighted by Gasteiger charge is 2.23. The third-order valence-corrected chi connectivity index (χ3v) is 6.47. The van der Waals surface area contributed by atoms with Crippen molar-refractivity contribution in [3.8, 4) is 0 Å². The second-order valence-electron chi connectivity index (χ2n) is 8.14. The summed E-state index contributed by atoms with van der Waals surface area (Å²) in [6.45, 7) is 4.46. The van der Waals surface area contributed by atoms with Crippen molar-refractivity contribution in [1.82, 2.24) is 20.2 Å². The molecule has 1 fully saturated rings. The predicted octanol–water partition coefficient (Wildman–Crippen LogP) is 3.69. The lowest BCUT2D eigenvalue weighted by atomic mass is 10.0. The van der Waals surface area contributed by atoms with E-state index in [1.807, 2.05) is 35.8 Å². The molecule has 0 bridgehead atoms. The molecule has 1 atom stereocenters. The summed E-state index contributed by atoms with van der Waals surface area (Å²) in [5.41, 5.74) is 2.98. The zero-order chi connectivity index (χ0) is 21.6. The van der Waals surface area contributed by atoms with Crippen molar-refractivity contribution in [2.24, 2.45) is 0 Å². The van der Waals surface area contributed by atoms with Crippen molar-refractivity contribution in [1.29, 1.82) is 0 Å². The van der Waals surface area contributed by atoms with E-state index in [-0.39, 0.29) is 11.8 Å². The van der Waals surface area contributed by atoms with Crippen molar-refractivity contribution < 1.29 is 9.59 Å². The molecule has 0 radical (unpaired) electrons. The van der Waals surface area contributed by atoms with Gasteiger partial charge in [0.1, 0.15) is 6.04 Å². The predicted molar refractivity (Wildman–Crippen MR) is 124 cm³/mol. The van der Waals surface area contributed by atoms with Crippen LogP contribution in [0, 0.1) is 0 Å². The number of hydrogen-bond donors (Lipinski definition) is 3. The largest absolute Gasteiger partial charge is 0.361 e. The first kappa shape index (κ1) is 21.5. The van der Waals surface area contributed by atoms with Crippen molar-refractivity contribution >= 4 is 39.2 Å². The number of aromatic amines is 1. The first-order valence-electron chi connectivity index (χ1n) is 10.9. The number of hydrogen-bond acceptors (Lipinski definition) is 5. The molecule has 31 heavy (non-hydrogen) atoms. The number of fused-ring (bicyclic) bond motifs is 1. The van der Waals surface area contributed by atoms with Gasteiger partial charge >= 0.3 is 0 Å². The number of aromatic nitrogens is 2. The minimum atomic E-state index is -0.672. The van der Waals surface area contributed by atoms with Crippen LogP contribution >= 0.6 is 11.3 Å². The zero-order valence-corrected chi connectivity index (χ0v) is 18.6. The first-order valence-corrected chi connectivity index (χ1v) is 11.8. The van der Waals surface area contributed by atoms with Crippen LogP contribution < -0.4 is 10.6 Å². The summed E-state index contributed by atoms with van der Waals surface area (Å²) >= 11 is 1.43. The van der Waals surface area contributed by atoms with Crippen molar-refractivity contribution in [2.75, 3.05) is 18.4 Å². The standard InChI is InChI=1S/C23H29N5O2S/c1-16(29)25-21(12-17-13-24-20-9-5-4-8-19(17)20)22(30)27-23-26-18(15-31-23)14-28-10-6-2-3-7-11-28/h4-5,8-9,13,15,21,24H,2-3,6-7,10-12,14H2,1H3,(H,25,29)(H,26,27,30). The Morgan fingerprint density at radius 2 is 1.97 bits per heavy atom. The molecule has 4 rings (SSSR count). The Kier molecular flexibility index (Phi) is 6.99. The lowest BCUT2D eigenvalue weighted by Gasteiger charge is -2.18. The number of thiazole rings is 1. The molecule has 0 spiro atoms. The van der Waals surface area contributed by atoms with E-state index in [1.165, 1.54) is 43.9 Å². The second-order valence-corrected chi connectivity index (χ2v) is 9.00. The van der Waals surface area contributed by atoms with Crippen molar-refractivity contribution in [3.63, 3.8) is 0 Å². The number of rotatable bonds is 7. The molecule has 0 aliphatic carbocycles. The highest BCUT2D eigenvalue weighted by atomic mass is 32.1. The van der Waals surface area contributed by atoms with Gasteiger partial charge < -0.3 is 15.6 Å². The lowest BCUT2D eigenvalue weighted by Crippen LogP contribution is -2.44. The molecule has 8 heteroatoms. The van der Waals surface area contributed by atoms with Crippen LogP contribution in [0.15, 0.2) is 35.8 Å². The number of nitrogens with zero attached hydrogens (tertiary/aromatic N) is 2. The Labute approximate surface area is 186 Å². The van der Waals surface area contributed by atoms with Gasteiger partial charge in [-0.15, -0.1) is 11.3 Å². The summed E-state index contributed by atoms with van der Waals surface area (Å²) in [6, 6.07) is 7.27. The fourth-order valence-corrected chi connectivity index (χ4v) is 4.83. The van der Waals surface area contributed by atoms with Gasteiger partial charge in [-0.2, -0.15) is 0 Å². The average molecular weight is 440 g/mol. The molecule has 0 saturated carbocycles. The van der Waals surface area contributed by atoms with Gasteiger partial charge in [-0.3, -0.25) is 14.5 Å². The van der Waals surface area contributed by atoms with Gasteiger partial charge in [0.05, 0.1) is 5.69 Å². The maximum atomic E-state index is 13.0. The zero-order valence-electron chi connectivity index (χ0n) is 17.8. The molecule has 1 aromatic carbocycles. The van der Waals surface area contributed by atoms with Gasteiger partial charge in [-0.1, -0.05) is 31.0 Å². The number of benzene rings is 1. The summed E-state index contributed by atoms with van der Waals surface area (Å²) < 4.78 is 0. The van der Waals surface area contributed by atoms with Crippen LogP contribution in [-0.2, 0) is 22.6 Å². The van der Waals surface area contributed by atoms with Crippen LogP contribution in [0.2, 0.25) is 0 Å². The Morgan fingerprint density at radius 1 is 1.19 bits per heavy atom. The maximum Gasteiger partial charge on any atom is 0.249 e. The van der Waals surface area contributed by atoms with E-state index in [9.17, 15) is 9.59 Å². The molecule has 1 saturated heterocycles. The molecule has 3 heterocycles. The van der Waals surface area contributed by atoms with Crippen LogP contribution in [0.3, 0.4) is 0 Å². The van der Waals surface area contributed by atoms with E-state index < -0.39 is 6.04 Å². The number of carbonyl (C=O) groups is 2. The van der Waals surface area contributed by atoms with Crippen LogP contribution in [-0.4, -0.2) is 45.8 Å². The van der Waals surface area contributed by atoms with E-state index in [1.54, 1.807) is 0 Å². The third-order valence-electron chi connectivity index (χ3n) is 5.66. The Balaban J connectivity index is 1.41. The number of nitrogens with one attached hydrogen (secondary N) is 3. The summed E-state index contributed by atoms with van der Waals surface area (Å²) in [6.07, 6.45) is 7.38. The maximum absolute atomic E-state index is 13.0. The quantitative estimate of drug-likeness (QED) is 0.524. The Hall–Kier alpha value is -2.71. The highest BCUT2D eigenvalue weighted by Crippen LogP contribution is 2.21. The van der Waals surface area contributed by atoms with Crippen molar-refractivity contribution in [2.45, 2.75) is 51.6 Å². The smallest absolute Gasteiger partial charge is 0.249 e. The molecule has 3 N–H and O–H groups in total. The number of likely N-dealkylation sites (tertiary alicyclic amines) is 1. The molecular weight excluding hydrogens is 410 g/mol. The number of anilines is 1. The average Bonchev–Trinajstić information content (AvgIpc) is 3.27. The Bertz CT molecular complexity index is 1040. The molecule has 7 nitrogen and oxygen atoms in total. The molecule has 1 aliphatic heterocycles. The lowest BCUT2D eigenvalue weighted by molar-refractivity contribution is -0.125. The molecule has 3 aromatic rings. The highest BCUT2D eigenvalue weighted by molar-refractivity contribution is 7.13. The van der Waals surface area contributed by atoms with E-state index in [0.717, 1.165) is 41.8 Å². The molecule has 2 amide bonds. The normalized spacial score (nSPS) is 16.0. The van der Waals surface area contributed by atoms with Crippen molar-refractivity contribution in [3.05, 3.63) is 47.1 Å². The summed E-state index contributed by atoms with van der Waals surface area (Å²) in [7, 11) is 0. The fourth-order valence-electron chi connectivity index (χ4n) is 4.13. The van der Waals surface area contributed by atoms with Crippen LogP contribution in [0.4, 0.5) is 5.13 Å². The van der Waals surface area contributed by atoms with E-state index >= 15 is 0 Å². The Morgan fingerprint density at radius 3 is 2.74 bits per heavy atom. The number of amides is 2. The first-order chi connectivity index (χ1) is 15.1.